The Hall–Kier alpha value is -2.84. The summed E-state index contributed by atoms with van der Waals surface area (Å²) in [5, 5.41) is 14.8. The minimum atomic E-state index is -1.39. The van der Waals surface area contributed by atoms with E-state index in [1.54, 1.807) is 19.3 Å². The lowest BCUT2D eigenvalue weighted by molar-refractivity contribution is -0.144. The van der Waals surface area contributed by atoms with E-state index in [1.807, 2.05) is 19.9 Å². The number of allylic oxidation sites excluding steroid dienone is 2. The van der Waals surface area contributed by atoms with E-state index in [-0.39, 0.29) is 41.9 Å². The predicted octanol–water partition coefficient (Wildman–Crippen LogP) is 3.77. The van der Waals surface area contributed by atoms with Gasteiger partial charge in [0.1, 0.15) is 0 Å². The van der Waals surface area contributed by atoms with Gasteiger partial charge in [0.25, 0.3) is 11.8 Å². The number of Topliss-reactive ketones (excluding diaryl/α,β-unsaturated/α-hetero) is 1. The highest BCUT2D eigenvalue weighted by atomic mass is 16.5. The molecule has 40 heavy (non-hydrogen) atoms. The van der Waals surface area contributed by atoms with Gasteiger partial charge in [-0.25, -0.2) is 0 Å². The van der Waals surface area contributed by atoms with E-state index in [4.69, 9.17) is 4.74 Å². The fraction of sp³-hybridized carbons (Fsp3) is 0.625. The van der Waals surface area contributed by atoms with Crippen LogP contribution in [0, 0.1) is 35.5 Å². The Morgan fingerprint density at radius 1 is 1.25 bits per heavy atom. The highest BCUT2D eigenvalue weighted by Crippen LogP contribution is 2.51. The smallest absolute Gasteiger partial charge is 0.265 e. The van der Waals surface area contributed by atoms with Crippen LogP contribution >= 0.6 is 0 Å². The number of fused-ring (bicyclic) bond motifs is 1. The van der Waals surface area contributed by atoms with Crippen molar-refractivity contribution in [1.29, 1.82) is 0 Å². The summed E-state index contributed by atoms with van der Waals surface area (Å²) in [5.41, 5.74) is -1.25. The quantitative estimate of drug-likeness (QED) is 0.146. The Morgan fingerprint density at radius 2 is 1.98 bits per heavy atom. The first-order valence-corrected chi connectivity index (χ1v) is 14.6. The molecule has 8 nitrogen and oxygen atoms in total. The molecule has 1 aliphatic heterocycles. The molecule has 0 aromatic heterocycles. The van der Waals surface area contributed by atoms with Crippen LogP contribution in [0.2, 0.25) is 0 Å². The molecule has 0 bridgehead atoms. The van der Waals surface area contributed by atoms with Gasteiger partial charge in [-0.3, -0.25) is 24.1 Å². The number of carbonyl (C=O) groups excluding carboxylic acids is 4. The van der Waals surface area contributed by atoms with Gasteiger partial charge in [-0.15, -0.1) is 13.2 Å². The third-order valence-corrected chi connectivity index (χ3v) is 8.88. The number of nitrogens with zero attached hydrogens (tertiary/aromatic N) is 1. The maximum absolute atomic E-state index is 14.5. The molecule has 3 rings (SSSR count). The van der Waals surface area contributed by atoms with E-state index in [0.717, 1.165) is 24.2 Å². The minimum Gasteiger partial charge on any atom is -0.385 e. The van der Waals surface area contributed by atoms with Crippen LogP contribution < -0.4 is 5.32 Å². The second kappa shape index (κ2) is 13.7. The zero-order valence-corrected chi connectivity index (χ0v) is 24.5. The molecule has 0 radical (unpaired) electrons. The van der Waals surface area contributed by atoms with Crippen LogP contribution in [0.1, 0.15) is 59.3 Å². The van der Waals surface area contributed by atoms with Gasteiger partial charge < -0.3 is 15.2 Å². The summed E-state index contributed by atoms with van der Waals surface area (Å²) in [4.78, 5) is 55.6. The molecule has 0 aromatic carbocycles. The zero-order chi connectivity index (χ0) is 29.6. The fourth-order valence-electron chi connectivity index (χ4n) is 6.97. The lowest BCUT2D eigenvalue weighted by Gasteiger charge is -2.51. The SMILES string of the molecule is C=CCN1C(=O)C(C(=O)C2C(C)C=CC3(O)CC(C(=O)NCCOC)CC(C)C23)=C(C(C=C)CCCCC)C1=O. The first-order chi connectivity index (χ1) is 19.1. The van der Waals surface area contributed by atoms with E-state index < -0.39 is 46.9 Å². The zero-order valence-electron chi connectivity index (χ0n) is 24.5. The number of ether oxygens (including phenoxy) is 1. The molecule has 1 heterocycles. The van der Waals surface area contributed by atoms with Crippen molar-refractivity contribution in [2.24, 2.45) is 35.5 Å². The topological polar surface area (TPSA) is 113 Å². The summed E-state index contributed by atoms with van der Waals surface area (Å²) < 4.78 is 5.02. The fourth-order valence-corrected chi connectivity index (χ4v) is 6.97. The number of nitrogens with one attached hydrogen (secondary N) is 1. The largest absolute Gasteiger partial charge is 0.385 e. The molecule has 8 heteroatoms. The maximum Gasteiger partial charge on any atom is 0.265 e. The van der Waals surface area contributed by atoms with Gasteiger partial charge in [0, 0.05) is 49.4 Å². The van der Waals surface area contributed by atoms with Gasteiger partial charge in [0.05, 0.1) is 17.8 Å². The molecule has 7 unspecified atom stereocenters. The van der Waals surface area contributed by atoms with Crippen molar-refractivity contribution in [3.05, 3.63) is 48.6 Å². The molecule has 220 valence electrons. The third-order valence-electron chi connectivity index (χ3n) is 8.88. The lowest BCUT2D eigenvalue weighted by Crippen LogP contribution is -2.56. The van der Waals surface area contributed by atoms with Gasteiger partial charge >= 0.3 is 0 Å². The summed E-state index contributed by atoms with van der Waals surface area (Å²) in [6.07, 6.45) is 10.8. The first kappa shape index (κ1) is 31.7. The van der Waals surface area contributed by atoms with Crippen molar-refractivity contribution < 1.29 is 29.0 Å². The molecule has 0 saturated heterocycles. The highest BCUT2D eigenvalue weighted by Gasteiger charge is 2.56. The van der Waals surface area contributed by atoms with Gasteiger partial charge in [-0.1, -0.05) is 64.3 Å². The average molecular weight is 555 g/mol. The summed E-state index contributed by atoms with van der Waals surface area (Å²) >= 11 is 0. The van der Waals surface area contributed by atoms with Crippen LogP contribution in [0.15, 0.2) is 48.6 Å². The summed E-state index contributed by atoms with van der Waals surface area (Å²) in [5.74, 6) is -4.12. The standard InChI is InChI=1S/C32H46N2O6/c1-7-10-11-12-22(9-3)25-26(31(38)34(16-8-2)30(25)37)28(35)24-20(4)13-14-32(39)19-23(18-21(5)27(24)32)29(36)33-15-17-40-6/h8-9,13-14,20-24,27,39H,2-3,7,10-12,15-19H2,1,4-6H3,(H,33,36). The molecule has 2 N–H and O–H groups in total. The molecule has 0 spiro atoms. The van der Waals surface area contributed by atoms with E-state index in [2.05, 4.69) is 25.4 Å². The van der Waals surface area contributed by atoms with Crippen molar-refractivity contribution in [1.82, 2.24) is 10.2 Å². The van der Waals surface area contributed by atoms with Crippen molar-refractivity contribution in [3.8, 4) is 0 Å². The number of imide groups is 1. The van der Waals surface area contributed by atoms with E-state index in [9.17, 15) is 24.3 Å². The summed E-state index contributed by atoms with van der Waals surface area (Å²) in [6.45, 7) is 14.4. The Kier molecular flexibility index (Phi) is 10.8. The molecule has 0 aromatic rings. The molecular formula is C32H46N2O6. The van der Waals surface area contributed by atoms with Gasteiger partial charge in [0.2, 0.25) is 5.91 Å². The third kappa shape index (κ3) is 6.23. The van der Waals surface area contributed by atoms with E-state index in [0.29, 0.717) is 26.0 Å². The Bertz CT molecular complexity index is 1080. The number of amides is 3. The molecule has 7 atom stereocenters. The molecule has 1 saturated carbocycles. The molecular weight excluding hydrogens is 508 g/mol. The Labute approximate surface area is 238 Å². The summed E-state index contributed by atoms with van der Waals surface area (Å²) in [7, 11) is 1.57. The number of unbranched alkanes of at least 4 members (excludes halogenated alkanes) is 2. The Morgan fingerprint density at radius 3 is 2.60 bits per heavy atom. The van der Waals surface area contributed by atoms with Crippen molar-refractivity contribution >= 4 is 23.5 Å². The number of hydrogen-bond acceptors (Lipinski definition) is 6. The normalized spacial score (nSPS) is 30.7. The second-order valence-corrected chi connectivity index (χ2v) is 11.7. The van der Waals surface area contributed by atoms with Crippen LogP contribution in [0.5, 0.6) is 0 Å². The summed E-state index contributed by atoms with van der Waals surface area (Å²) in [6, 6.07) is 0. The maximum atomic E-state index is 14.5. The molecule has 3 amide bonds. The number of rotatable bonds is 14. The van der Waals surface area contributed by atoms with Crippen LogP contribution in [0.4, 0.5) is 0 Å². The van der Waals surface area contributed by atoms with Crippen molar-refractivity contribution in [2.45, 2.75) is 64.9 Å². The van der Waals surface area contributed by atoms with Crippen LogP contribution in [-0.2, 0) is 23.9 Å². The van der Waals surface area contributed by atoms with E-state index >= 15 is 0 Å². The molecule has 3 aliphatic rings. The van der Waals surface area contributed by atoms with E-state index in [1.165, 1.54) is 6.08 Å². The molecule has 2 aliphatic carbocycles. The second-order valence-electron chi connectivity index (χ2n) is 11.7. The monoisotopic (exact) mass is 554 g/mol. The van der Waals surface area contributed by atoms with Crippen molar-refractivity contribution in [2.75, 3.05) is 26.8 Å². The first-order valence-electron chi connectivity index (χ1n) is 14.6. The highest BCUT2D eigenvalue weighted by molar-refractivity contribution is 6.33. The number of methoxy groups -OCH3 is 1. The van der Waals surface area contributed by atoms with Crippen LogP contribution in [0.3, 0.4) is 0 Å². The van der Waals surface area contributed by atoms with Gasteiger partial charge in [0.15, 0.2) is 5.78 Å². The lowest BCUT2D eigenvalue weighted by atomic mass is 9.55. The predicted molar refractivity (Wildman–Crippen MR) is 154 cm³/mol. The van der Waals surface area contributed by atoms with Crippen LogP contribution in [0.25, 0.3) is 0 Å². The van der Waals surface area contributed by atoms with Crippen LogP contribution in [-0.4, -0.2) is 65.9 Å². The minimum absolute atomic E-state index is 0.0144. The number of ketones is 1. The van der Waals surface area contributed by atoms with Gasteiger partial charge in [-0.05, 0) is 31.1 Å². The average Bonchev–Trinajstić information content (AvgIpc) is 3.16. The number of aliphatic hydroxyl groups is 1. The molecule has 1 fully saturated rings. The number of carbonyl (C=O) groups is 4. The van der Waals surface area contributed by atoms with Crippen molar-refractivity contribution in [3.63, 3.8) is 0 Å². The number of hydrogen-bond donors (Lipinski definition) is 2. The van der Waals surface area contributed by atoms with Gasteiger partial charge in [-0.2, -0.15) is 0 Å². The Balaban J connectivity index is 2.00.